The number of ether oxygens (including phenoxy) is 2. The Hall–Kier alpha value is -0.810. The van der Waals surface area contributed by atoms with Crippen LogP contribution in [-0.2, 0) is 9.47 Å². The summed E-state index contributed by atoms with van der Waals surface area (Å²) in [6.07, 6.45) is 4.04. The molecule has 0 aromatic rings. The van der Waals surface area contributed by atoms with E-state index in [0.29, 0.717) is 12.1 Å². The average molecular weight is 312 g/mol. The monoisotopic (exact) mass is 312 g/mol. The summed E-state index contributed by atoms with van der Waals surface area (Å²) >= 11 is 0. The molecule has 1 amide bonds. The smallest absolute Gasteiger partial charge is 0.410 e. The van der Waals surface area contributed by atoms with Crippen molar-refractivity contribution < 1.29 is 14.3 Å². The highest BCUT2D eigenvalue weighted by Crippen LogP contribution is 2.25. The lowest BCUT2D eigenvalue weighted by atomic mass is 9.92. The molecule has 0 radical (unpaired) electrons. The molecule has 2 heterocycles. The van der Waals surface area contributed by atoms with E-state index in [9.17, 15) is 4.79 Å². The third-order valence-corrected chi connectivity index (χ3v) is 4.24. The van der Waals surface area contributed by atoms with Gasteiger partial charge in [0, 0.05) is 31.8 Å². The average Bonchev–Trinajstić information content (AvgIpc) is 2.35. The van der Waals surface area contributed by atoms with Crippen LogP contribution in [-0.4, -0.2) is 54.0 Å². The van der Waals surface area contributed by atoms with Crippen LogP contribution in [0.15, 0.2) is 0 Å². The maximum atomic E-state index is 12.2. The third-order valence-electron chi connectivity index (χ3n) is 4.24. The minimum atomic E-state index is -0.428. The molecule has 2 saturated heterocycles. The summed E-state index contributed by atoms with van der Waals surface area (Å²) < 4.78 is 11.3. The predicted molar refractivity (Wildman–Crippen MR) is 87.0 cm³/mol. The van der Waals surface area contributed by atoms with Gasteiger partial charge in [-0.2, -0.15) is 0 Å². The first-order valence-electron chi connectivity index (χ1n) is 8.53. The number of carbonyl (C=O) groups is 1. The topological polar surface area (TPSA) is 50.8 Å². The lowest BCUT2D eigenvalue weighted by Gasteiger charge is -2.40. The molecule has 0 bridgehead atoms. The zero-order valence-corrected chi connectivity index (χ0v) is 14.8. The molecular weight excluding hydrogens is 280 g/mol. The molecule has 2 atom stereocenters. The molecule has 5 heteroatoms. The first-order chi connectivity index (χ1) is 10.1. The molecule has 0 spiro atoms. The van der Waals surface area contributed by atoms with Gasteiger partial charge in [-0.25, -0.2) is 4.79 Å². The summed E-state index contributed by atoms with van der Waals surface area (Å²) in [6.45, 7) is 12.4. The second-order valence-corrected chi connectivity index (χ2v) is 8.23. The Morgan fingerprint density at radius 2 is 2.00 bits per heavy atom. The summed E-state index contributed by atoms with van der Waals surface area (Å²) in [7, 11) is 0. The Morgan fingerprint density at radius 1 is 1.27 bits per heavy atom. The maximum absolute atomic E-state index is 12.2. The first-order valence-corrected chi connectivity index (χ1v) is 8.53. The lowest BCUT2D eigenvalue weighted by molar-refractivity contribution is -0.0652. The highest BCUT2D eigenvalue weighted by Gasteiger charge is 2.32. The maximum Gasteiger partial charge on any atom is 0.410 e. The van der Waals surface area contributed by atoms with E-state index in [1.807, 2.05) is 25.7 Å². The van der Waals surface area contributed by atoms with Gasteiger partial charge in [0.05, 0.1) is 5.60 Å². The molecule has 0 aliphatic carbocycles. The van der Waals surface area contributed by atoms with Crippen LogP contribution in [0, 0.1) is 0 Å². The molecule has 1 N–H and O–H groups in total. The van der Waals surface area contributed by atoms with Crippen LogP contribution < -0.4 is 5.32 Å². The van der Waals surface area contributed by atoms with Crippen molar-refractivity contribution in [2.45, 2.75) is 83.6 Å². The molecule has 2 aliphatic heterocycles. The van der Waals surface area contributed by atoms with E-state index in [4.69, 9.17) is 9.47 Å². The second-order valence-electron chi connectivity index (χ2n) is 8.23. The largest absolute Gasteiger partial charge is 0.444 e. The van der Waals surface area contributed by atoms with Gasteiger partial charge in [-0.05, 0) is 60.3 Å². The van der Waals surface area contributed by atoms with Gasteiger partial charge in [-0.15, -0.1) is 0 Å². The highest BCUT2D eigenvalue weighted by molar-refractivity contribution is 5.68. The number of piperidine rings is 1. The molecule has 5 nitrogen and oxygen atoms in total. The Labute approximate surface area is 134 Å². The number of amides is 1. The summed E-state index contributed by atoms with van der Waals surface area (Å²) in [5.41, 5.74) is -0.475. The lowest BCUT2D eigenvalue weighted by Crippen LogP contribution is -2.54. The van der Waals surface area contributed by atoms with Gasteiger partial charge in [-0.1, -0.05) is 0 Å². The van der Waals surface area contributed by atoms with Crippen molar-refractivity contribution in [3.05, 3.63) is 0 Å². The third kappa shape index (κ3) is 5.43. The molecule has 0 aromatic carbocycles. The SMILES string of the molecule is CC(C)(C)OC(=O)N1CCCC(NC2CCOC(C)(C)C2)C1. The quantitative estimate of drug-likeness (QED) is 0.852. The number of nitrogens with zero attached hydrogens (tertiary/aromatic N) is 1. The molecule has 2 unspecified atom stereocenters. The van der Waals surface area contributed by atoms with Gasteiger partial charge in [0.25, 0.3) is 0 Å². The Morgan fingerprint density at radius 3 is 2.64 bits per heavy atom. The van der Waals surface area contributed by atoms with Crippen LogP contribution in [0.5, 0.6) is 0 Å². The van der Waals surface area contributed by atoms with E-state index in [1.165, 1.54) is 0 Å². The minimum Gasteiger partial charge on any atom is -0.444 e. The summed E-state index contributed by atoms with van der Waals surface area (Å²) in [5.74, 6) is 0. The number of hydrogen-bond acceptors (Lipinski definition) is 4. The number of hydrogen-bond donors (Lipinski definition) is 1. The molecule has 0 aromatic heterocycles. The zero-order valence-electron chi connectivity index (χ0n) is 14.8. The summed E-state index contributed by atoms with van der Waals surface area (Å²) in [4.78, 5) is 14.1. The van der Waals surface area contributed by atoms with Gasteiger partial charge < -0.3 is 19.7 Å². The van der Waals surface area contributed by atoms with Crippen LogP contribution in [0.1, 0.15) is 60.3 Å². The Bertz CT molecular complexity index is 390. The van der Waals surface area contributed by atoms with Crippen molar-refractivity contribution in [2.75, 3.05) is 19.7 Å². The summed E-state index contributed by atoms with van der Waals surface area (Å²) in [5, 5.41) is 3.73. The van der Waals surface area contributed by atoms with Crippen LogP contribution in [0.2, 0.25) is 0 Å². The van der Waals surface area contributed by atoms with E-state index in [-0.39, 0.29) is 11.7 Å². The van der Waals surface area contributed by atoms with E-state index < -0.39 is 5.60 Å². The fraction of sp³-hybridized carbons (Fsp3) is 0.941. The molecule has 0 saturated carbocycles. The number of carbonyl (C=O) groups excluding carboxylic acids is 1. The first kappa shape index (κ1) is 17.5. The van der Waals surface area contributed by atoms with E-state index in [1.54, 1.807) is 0 Å². The minimum absolute atomic E-state index is 0.0462. The number of rotatable bonds is 2. The van der Waals surface area contributed by atoms with E-state index >= 15 is 0 Å². The van der Waals surface area contributed by atoms with Crippen LogP contribution in [0.3, 0.4) is 0 Å². The van der Waals surface area contributed by atoms with Crippen LogP contribution in [0.25, 0.3) is 0 Å². The number of likely N-dealkylation sites (tertiary alicyclic amines) is 1. The fourth-order valence-electron chi connectivity index (χ4n) is 3.31. The Balaban J connectivity index is 1.84. The van der Waals surface area contributed by atoms with Crippen molar-refractivity contribution in [1.82, 2.24) is 10.2 Å². The summed E-state index contributed by atoms with van der Waals surface area (Å²) in [6, 6.07) is 0.840. The molecule has 22 heavy (non-hydrogen) atoms. The second kappa shape index (κ2) is 6.75. The molecule has 2 rings (SSSR count). The Kier molecular flexibility index (Phi) is 5.38. The van der Waals surface area contributed by atoms with Crippen molar-refractivity contribution in [2.24, 2.45) is 0 Å². The van der Waals surface area contributed by atoms with Crippen molar-refractivity contribution >= 4 is 6.09 Å². The van der Waals surface area contributed by atoms with Crippen molar-refractivity contribution in [3.8, 4) is 0 Å². The standard InChI is InChI=1S/C17H32N2O3/c1-16(2,3)22-15(20)19-9-6-7-14(12-19)18-13-8-10-21-17(4,5)11-13/h13-14,18H,6-12H2,1-5H3. The van der Waals surface area contributed by atoms with Gasteiger partial charge in [0.1, 0.15) is 5.60 Å². The highest BCUT2D eigenvalue weighted by atomic mass is 16.6. The zero-order chi connectivity index (χ0) is 16.4. The van der Waals surface area contributed by atoms with Gasteiger partial charge >= 0.3 is 6.09 Å². The normalized spacial score (nSPS) is 29.2. The van der Waals surface area contributed by atoms with Gasteiger partial charge in [-0.3, -0.25) is 0 Å². The molecule has 128 valence electrons. The van der Waals surface area contributed by atoms with E-state index in [2.05, 4.69) is 19.2 Å². The van der Waals surface area contributed by atoms with E-state index in [0.717, 1.165) is 45.4 Å². The van der Waals surface area contributed by atoms with Gasteiger partial charge in [0.15, 0.2) is 0 Å². The molecule has 2 fully saturated rings. The predicted octanol–water partition coefficient (Wildman–Crippen LogP) is 2.93. The number of nitrogens with one attached hydrogen (secondary N) is 1. The van der Waals surface area contributed by atoms with Gasteiger partial charge in [0.2, 0.25) is 0 Å². The van der Waals surface area contributed by atoms with Crippen molar-refractivity contribution in [1.29, 1.82) is 0 Å². The fourth-order valence-corrected chi connectivity index (χ4v) is 3.31. The molecule has 2 aliphatic rings. The van der Waals surface area contributed by atoms with Crippen LogP contribution in [0.4, 0.5) is 4.79 Å². The van der Waals surface area contributed by atoms with Crippen molar-refractivity contribution in [3.63, 3.8) is 0 Å². The molecular formula is C17H32N2O3. The van der Waals surface area contributed by atoms with Crippen LogP contribution >= 0.6 is 0 Å².